The molecule has 88 valence electrons. The topological polar surface area (TPSA) is 51.4 Å². The third kappa shape index (κ3) is 2.38. The van der Waals surface area contributed by atoms with Gasteiger partial charge in [-0.2, -0.15) is 4.98 Å². The number of nitrogens with zero attached hydrogens (tertiary/aromatic N) is 2. The number of rotatable bonds is 5. The van der Waals surface area contributed by atoms with Gasteiger partial charge in [-0.1, -0.05) is 6.92 Å². The molecule has 1 aliphatic rings. The number of nitrogens with two attached hydrogens (primary N) is 1. The second-order valence-electron chi connectivity index (χ2n) is 4.25. The van der Waals surface area contributed by atoms with Crippen molar-refractivity contribution in [1.82, 2.24) is 4.98 Å². The number of ether oxygens (including phenoxy) is 1. The molecule has 1 aliphatic carbocycles. The second kappa shape index (κ2) is 4.60. The van der Waals surface area contributed by atoms with Gasteiger partial charge < -0.3 is 15.4 Å². The summed E-state index contributed by atoms with van der Waals surface area (Å²) >= 11 is 0. The van der Waals surface area contributed by atoms with Crippen molar-refractivity contribution in [2.45, 2.75) is 32.2 Å². The minimum Gasteiger partial charge on any atom is -0.476 e. The summed E-state index contributed by atoms with van der Waals surface area (Å²) in [5, 5.41) is 0. The first-order valence-electron chi connectivity index (χ1n) is 5.84. The van der Waals surface area contributed by atoms with Crippen LogP contribution < -0.4 is 15.4 Å². The van der Waals surface area contributed by atoms with Crippen molar-refractivity contribution < 1.29 is 4.74 Å². The van der Waals surface area contributed by atoms with Gasteiger partial charge in [-0.3, -0.25) is 0 Å². The lowest BCUT2D eigenvalue weighted by atomic mass is 10.3. The quantitative estimate of drug-likeness (QED) is 0.826. The predicted molar refractivity (Wildman–Crippen MR) is 65.9 cm³/mol. The molecule has 0 aliphatic heterocycles. The monoisotopic (exact) mass is 221 g/mol. The van der Waals surface area contributed by atoms with Gasteiger partial charge in [0, 0.05) is 13.1 Å². The molecule has 4 heteroatoms. The fourth-order valence-electron chi connectivity index (χ4n) is 1.60. The van der Waals surface area contributed by atoms with Crippen LogP contribution in [-0.2, 0) is 0 Å². The van der Waals surface area contributed by atoms with Gasteiger partial charge >= 0.3 is 0 Å². The van der Waals surface area contributed by atoms with Crippen LogP contribution in [0, 0.1) is 0 Å². The lowest BCUT2D eigenvalue weighted by Gasteiger charge is -2.18. The Morgan fingerprint density at radius 2 is 2.25 bits per heavy atom. The Kier molecular flexibility index (Phi) is 3.17. The number of hydrogen-bond donors (Lipinski definition) is 1. The predicted octanol–water partition coefficient (Wildman–Crippen LogP) is 2.05. The van der Waals surface area contributed by atoms with Gasteiger partial charge in [0.25, 0.3) is 0 Å². The summed E-state index contributed by atoms with van der Waals surface area (Å²) in [7, 11) is 2.07. The van der Waals surface area contributed by atoms with Crippen LogP contribution in [0.25, 0.3) is 0 Å². The molecule has 0 atom stereocenters. The SMILES string of the molecule is CCCOc1nc(N(C)C2CC2)ccc1N. The maximum absolute atomic E-state index is 5.82. The summed E-state index contributed by atoms with van der Waals surface area (Å²) in [4.78, 5) is 6.64. The third-order valence-electron chi connectivity index (χ3n) is 2.77. The van der Waals surface area contributed by atoms with E-state index in [4.69, 9.17) is 10.5 Å². The second-order valence-corrected chi connectivity index (χ2v) is 4.25. The van der Waals surface area contributed by atoms with Crippen molar-refractivity contribution in [3.05, 3.63) is 12.1 Å². The third-order valence-corrected chi connectivity index (χ3v) is 2.77. The van der Waals surface area contributed by atoms with E-state index in [9.17, 15) is 0 Å². The Bertz CT molecular complexity index is 363. The summed E-state index contributed by atoms with van der Waals surface area (Å²) in [6, 6.07) is 4.47. The molecule has 0 saturated heterocycles. The highest BCUT2D eigenvalue weighted by atomic mass is 16.5. The van der Waals surface area contributed by atoms with Crippen molar-refractivity contribution in [1.29, 1.82) is 0 Å². The zero-order valence-corrected chi connectivity index (χ0v) is 9.94. The normalized spacial score (nSPS) is 14.9. The van der Waals surface area contributed by atoms with E-state index in [-0.39, 0.29) is 0 Å². The van der Waals surface area contributed by atoms with Gasteiger partial charge in [-0.05, 0) is 31.4 Å². The highest BCUT2D eigenvalue weighted by Gasteiger charge is 2.27. The number of hydrogen-bond acceptors (Lipinski definition) is 4. The van der Waals surface area contributed by atoms with Crippen LogP contribution in [-0.4, -0.2) is 24.7 Å². The molecule has 1 saturated carbocycles. The van der Waals surface area contributed by atoms with Gasteiger partial charge in [0.15, 0.2) is 0 Å². The van der Waals surface area contributed by atoms with E-state index in [0.717, 1.165) is 12.2 Å². The maximum Gasteiger partial charge on any atom is 0.239 e. The molecular weight excluding hydrogens is 202 g/mol. The van der Waals surface area contributed by atoms with Gasteiger partial charge in [0.1, 0.15) is 5.82 Å². The molecule has 1 fully saturated rings. The molecule has 0 aromatic carbocycles. The molecular formula is C12H19N3O. The number of anilines is 2. The van der Waals surface area contributed by atoms with Crippen molar-refractivity contribution in [3.8, 4) is 5.88 Å². The van der Waals surface area contributed by atoms with E-state index < -0.39 is 0 Å². The number of nitrogen functional groups attached to an aromatic ring is 1. The Morgan fingerprint density at radius 3 is 2.88 bits per heavy atom. The van der Waals surface area contributed by atoms with E-state index in [1.165, 1.54) is 12.8 Å². The summed E-state index contributed by atoms with van der Waals surface area (Å²) in [6.45, 7) is 2.73. The lowest BCUT2D eigenvalue weighted by molar-refractivity contribution is 0.307. The van der Waals surface area contributed by atoms with Gasteiger partial charge in [0.05, 0.1) is 12.3 Å². The number of pyridine rings is 1. The average Bonchev–Trinajstić information content (AvgIpc) is 3.11. The highest BCUT2D eigenvalue weighted by Crippen LogP contribution is 2.31. The van der Waals surface area contributed by atoms with E-state index >= 15 is 0 Å². The van der Waals surface area contributed by atoms with Crippen LogP contribution in [0.3, 0.4) is 0 Å². The van der Waals surface area contributed by atoms with Crippen LogP contribution >= 0.6 is 0 Å². The molecule has 0 spiro atoms. The minimum atomic E-state index is 0.562. The number of aromatic nitrogens is 1. The van der Waals surface area contributed by atoms with Crippen molar-refractivity contribution in [3.63, 3.8) is 0 Å². The summed E-state index contributed by atoms with van der Waals surface area (Å²) in [5.74, 6) is 1.51. The molecule has 2 N–H and O–H groups in total. The van der Waals surface area contributed by atoms with Crippen LogP contribution in [0.2, 0.25) is 0 Å². The average molecular weight is 221 g/mol. The Hall–Kier alpha value is -1.45. The van der Waals surface area contributed by atoms with Crippen LogP contribution in [0.15, 0.2) is 12.1 Å². The first-order chi connectivity index (χ1) is 7.72. The van der Waals surface area contributed by atoms with E-state index in [1.807, 2.05) is 12.1 Å². The zero-order valence-electron chi connectivity index (χ0n) is 9.94. The van der Waals surface area contributed by atoms with Gasteiger partial charge in [-0.25, -0.2) is 0 Å². The van der Waals surface area contributed by atoms with Crippen molar-refractivity contribution in [2.75, 3.05) is 24.3 Å². The molecule has 0 bridgehead atoms. The molecule has 1 heterocycles. The van der Waals surface area contributed by atoms with E-state index in [1.54, 1.807) is 0 Å². The highest BCUT2D eigenvalue weighted by molar-refractivity contribution is 5.55. The van der Waals surface area contributed by atoms with Crippen molar-refractivity contribution in [2.24, 2.45) is 0 Å². The summed E-state index contributed by atoms with van der Waals surface area (Å²) in [5.41, 5.74) is 6.43. The molecule has 1 aromatic heterocycles. The Morgan fingerprint density at radius 1 is 1.50 bits per heavy atom. The van der Waals surface area contributed by atoms with Crippen molar-refractivity contribution >= 4 is 11.5 Å². The van der Waals surface area contributed by atoms with Crippen LogP contribution in [0.1, 0.15) is 26.2 Å². The molecule has 1 aromatic rings. The summed E-state index contributed by atoms with van der Waals surface area (Å²) < 4.78 is 5.51. The van der Waals surface area contributed by atoms with E-state index in [2.05, 4.69) is 23.9 Å². The van der Waals surface area contributed by atoms with Gasteiger partial charge in [-0.15, -0.1) is 0 Å². The Balaban J connectivity index is 2.13. The van der Waals surface area contributed by atoms with Crippen LogP contribution in [0.4, 0.5) is 11.5 Å². The maximum atomic E-state index is 5.82. The molecule has 2 rings (SSSR count). The molecule has 0 unspecified atom stereocenters. The molecule has 0 radical (unpaired) electrons. The fourth-order valence-corrected chi connectivity index (χ4v) is 1.60. The first-order valence-corrected chi connectivity index (χ1v) is 5.84. The molecule has 4 nitrogen and oxygen atoms in total. The Labute approximate surface area is 96.4 Å². The zero-order chi connectivity index (χ0) is 11.5. The molecule has 0 amide bonds. The first kappa shape index (κ1) is 11.0. The standard InChI is InChI=1S/C12H19N3O/c1-3-8-16-12-10(13)6-7-11(14-12)15(2)9-4-5-9/h6-7,9H,3-5,8,13H2,1-2H3. The molecule has 16 heavy (non-hydrogen) atoms. The largest absolute Gasteiger partial charge is 0.476 e. The van der Waals surface area contributed by atoms with Crippen LogP contribution in [0.5, 0.6) is 5.88 Å². The fraction of sp³-hybridized carbons (Fsp3) is 0.583. The smallest absolute Gasteiger partial charge is 0.239 e. The van der Waals surface area contributed by atoms with E-state index in [0.29, 0.717) is 24.2 Å². The lowest BCUT2D eigenvalue weighted by Crippen LogP contribution is -2.21. The van der Waals surface area contributed by atoms with Gasteiger partial charge in [0.2, 0.25) is 5.88 Å². The summed E-state index contributed by atoms with van der Waals surface area (Å²) in [6.07, 6.45) is 3.48. The minimum absolute atomic E-state index is 0.562.